The normalized spacial score (nSPS) is 17.5. The molecule has 16 nitrogen and oxygen atoms in total. The second-order valence-corrected chi connectivity index (χ2v) is 15.6. The summed E-state index contributed by atoms with van der Waals surface area (Å²) in [5, 5.41) is 22.1. The maximum Gasteiger partial charge on any atom is 0.295 e. The molecule has 1 aromatic heterocycles. The molecule has 0 aliphatic carbocycles. The van der Waals surface area contributed by atoms with E-state index in [0.717, 1.165) is 16.7 Å². The minimum absolute atomic E-state index is 0.0602. The number of nitrogens with zero attached hydrogens (tertiary/aromatic N) is 2. The lowest BCUT2D eigenvalue weighted by molar-refractivity contribution is -0.142. The number of carbonyl (C=O) groups excluding carboxylic acids is 4. The number of hydroxylamine groups is 1. The largest absolute Gasteiger partial charge is 0.494 e. The zero-order valence-corrected chi connectivity index (χ0v) is 32.9. The monoisotopic (exact) mass is 813 g/mol. The number of rotatable bonds is 13. The molecule has 2 bridgehead atoms. The maximum absolute atomic E-state index is 13.8. The first-order valence-corrected chi connectivity index (χ1v) is 20.2. The van der Waals surface area contributed by atoms with Gasteiger partial charge in [-0.2, -0.15) is 13.5 Å². The summed E-state index contributed by atoms with van der Waals surface area (Å²) >= 11 is 0. The summed E-state index contributed by atoms with van der Waals surface area (Å²) in [5.41, 5.74) is 7.22. The van der Waals surface area contributed by atoms with Crippen LogP contribution in [0.4, 0.5) is 5.82 Å². The van der Waals surface area contributed by atoms with Gasteiger partial charge in [-0.1, -0.05) is 68.4 Å². The third-order valence-corrected chi connectivity index (χ3v) is 10.4. The Morgan fingerprint density at radius 3 is 2.28 bits per heavy atom. The highest BCUT2D eigenvalue weighted by Gasteiger charge is 2.36. The predicted octanol–water partition coefficient (Wildman–Crippen LogP) is 4.00. The molecule has 2 aliphatic rings. The van der Waals surface area contributed by atoms with E-state index in [1.165, 1.54) is 36.7 Å². The van der Waals surface area contributed by atoms with Crippen LogP contribution in [-0.4, -0.2) is 65.7 Å². The summed E-state index contributed by atoms with van der Waals surface area (Å²) in [6.45, 7) is 4.60. The van der Waals surface area contributed by atoms with Gasteiger partial charge >= 0.3 is 0 Å². The van der Waals surface area contributed by atoms with Gasteiger partial charge in [-0.05, 0) is 72.2 Å². The molecule has 0 fully saturated rings. The lowest BCUT2D eigenvalue weighted by Crippen LogP contribution is -2.51. The van der Waals surface area contributed by atoms with Crippen LogP contribution in [0, 0.1) is 17.8 Å². The van der Waals surface area contributed by atoms with Crippen LogP contribution in [0.5, 0.6) is 5.75 Å². The van der Waals surface area contributed by atoms with Crippen molar-refractivity contribution in [3.05, 3.63) is 119 Å². The fourth-order valence-electron chi connectivity index (χ4n) is 6.45. The highest BCUT2D eigenvalue weighted by Crippen LogP contribution is 2.27. The topological polar surface area (TPSA) is 238 Å². The van der Waals surface area contributed by atoms with Gasteiger partial charge in [0, 0.05) is 37.2 Å². The predicted molar refractivity (Wildman–Crippen MR) is 214 cm³/mol. The summed E-state index contributed by atoms with van der Waals surface area (Å²) in [6, 6.07) is 22.5. The third-order valence-electron chi connectivity index (χ3n) is 9.47. The van der Waals surface area contributed by atoms with Crippen molar-refractivity contribution in [2.75, 3.05) is 12.0 Å². The molecule has 6 rings (SSSR count). The zero-order chi connectivity index (χ0) is 41.7. The van der Waals surface area contributed by atoms with Crippen LogP contribution in [0.2, 0.25) is 0 Å². The Morgan fingerprint density at radius 1 is 0.948 bits per heavy atom. The number of benzene rings is 3. The van der Waals surface area contributed by atoms with Crippen LogP contribution in [0.1, 0.15) is 65.7 Å². The van der Waals surface area contributed by atoms with Gasteiger partial charge in [0.05, 0.1) is 24.3 Å². The van der Waals surface area contributed by atoms with Gasteiger partial charge in [-0.25, -0.2) is 10.5 Å². The molecule has 0 spiro atoms. The summed E-state index contributed by atoms with van der Waals surface area (Å²) in [4.78, 5) is 56.9. The van der Waals surface area contributed by atoms with Crippen molar-refractivity contribution < 1.29 is 42.1 Å². The van der Waals surface area contributed by atoms with Gasteiger partial charge in [0.1, 0.15) is 22.5 Å². The standard InChI is InChI=1S/C41H47N7O9S/c1-26(2)20-34-33(40(51)48-53)7-5-19-57-32-16-13-27(14-17-32)21-35(46-39(34)50)41(52)44-23-29-11-9-28(10-12-29)22-43-38(49)31-15-18-37(42-24-31)47-45-25-30-6-3-4-8-36(30)58(54,55)56/h3-4,6,8-18,24-26,33-35,53H,5,7,19-23H2,1-2H3,(H,42,47)(H,43,49)(H,44,52)(H,46,50)(H,48,51)(H,54,55,56)/b45-25+/t33-,34+,35-/m0/s1. The van der Waals surface area contributed by atoms with E-state index in [2.05, 4.69) is 31.5 Å². The summed E-state index contributed by atoms with van der Waals surface area (Å²) in [5.74, 6) is -2.49. The van der Waals surface area contributed by atoms with Gasteiger partial charge in [0.15, 0.2) is 0 Å². The minimum atomic E-state index is -4.43. The molecule has 3 atom stereocenters. The summed E-state index contributed by atoms with van der Waals surface area (Å²) in [6.07, 6.45) is 3.92. The van der Waals surface area contributed by atoms with Crippen molar-refractivity contribution >= 4 is 45.8 Å². The Kier molecular flexibility index (Phi) is 15.0. The van der Waals surface area contributed by atoms with Gasteiger partial charge in [0.25, 0.3) is 16.0 Å². The number of hydrogen-bond acceptors (Lipinski definition) is 11. The number of hydrazone groups is 1. The molecule has 17 heteroatoms. The van der Waals surface area contributed by atoms with Gasteiger partial charge in [-0.3, -0.25) is 34.4 Å². The summed E-state index contributed by atoms with van der Waals surface area (Å²) < 4.78 is 38.4. The van der Waals surface area contributed by atoms with Crippen molar-refractivity contribution in [3.63, 3.8) is 0 Å². The average molecular weight is 814 g/mol. The molecule has 0 saturated carbocycles. The van der Waals surface area contributed by atoms with Gasteiger partial charge < -0.3 is 20.7 Å². The van der Waals surface area contributed by atoms with Crippen molar-refractivity contribution in [2.45, 2.75) is 63.6 Å². The van der Waals surface area contributed by atoms with Crippen molar-refractivity contribution in [3.8, 4) is 5.75 Å². The Morgan fingerprint density at radius 2 is 1.64 bits per heavy atom. The minimum Gasteiger partial charge on any atom is -0.494 e. The number of nitrogens with one attached hydrogen (secondary N) is 5. The van der Waals surface area contributed by atoms with E-state index in [0.29, 0.717) is 43.0 Å². The van der Waals surface area contributed by atoms with E-state index >= 15 is 0 Å². The third kappa shape index (κ3) is 12.4. The molecule has 3 heterocycles. The van der Waals surface area contributed by atoms with Crippen LogP contribution in [-0.2, 0) is 44.0 Å². The number of amides is 4. The highest BCUT2D eigenvalue weighted by atomic mass is 32.2. The van der Waals surface area contributed by atoms with Gasteiger partial charge in [0.2, 0.25) is 17.7 Å². The number of ether oxygens (including phenoxy) is 1. The first-order chi connectivity index (χ1) is 27.8. The van der Waals surface area contributed by atoms with Crippen molar-refractivity contribution in [1.82, 2.24) is 26.4 Å². The fourth-order valence-corrected chi connectivity index (χ4v) is 7.12. The molecular weight excluding hydrogens is 767 g/mol. The highest BCUT2D eigenvalue weighted by molar-refractivity contribution is 7.86. The second-order valence-electron chi connectivity index (χ2n) is 14.3. The number of pyridine rings is 1. The smallest absolute Gasteiger partial charge is 0.295 e. The van der Waals surface area contributed by atoms with Crippen molar-refractivity contribution in [2.24, 2.45) is 22.9 Å². The second kappa shape index (κ2) is 20.3. The van der Waals surface area contributed by atoms with Crippen LogP contribution >= 0.6 is 0 Å². The Labute approximate surface area is 336 Å². The number of hydrogen-bond donors (Lipinski definition) is 7. The lowest BCUT2D eigenvalue weighted by atomic mass is 9.81. The summed E-state index contributed by atoms with van der Waals surface area (Å²) in [7, 11) is -4.43. The quantitative estimate of drug-likeness (QED) is 0.0441. The van der Waals surface area contributed by atoms with Crippen molar-refractivity contribution in [1.29, 1.82) is 0 Å². The number of aromatic nitrogens is 1. The molecule has 3 aromatic carbocycles. The van der Waals surface area contributed by atoms with E-state index in [1.54, 1.807) is 29.7 Å². The van der Waals surface area contributed by atoms with E-state index in [1.807, 2.05) is 50.2 Å². The average Bonchev–Trinajstić information content (AvgIpc) is 3.21. The molecule has 4 aromatic rings. The SMILES string of the molecule is CC(C)C[C@H]1C(=O)N[C@H](C(=O)NCc2ccc(CNC(=O)c3ccc(N/N=C/c4ccccc4S(=O)(=O)O)nc3)cc2)Cc2ccc(cc2)OCCC[C@@H]1C(=O)NO. The Balaban J connectivity index is 1.16. The first-order valence-electron chi connectivity index (χ1n) is 18.7. The van der Waals surface area contributed by atoms with E-state index in [9.17, 15) is 37.4 Å². The van der Waals surface area contributed by atoms with Crippen LogP contribution in [0.15, 0.2) is 101 Å². The van der Waals surface area contributed by atoms with Crippen LogP contribution in [0.25, 0.3) is 0 Å². The molecule has 0 unspecified atom stereocenters. The van der Waals surface area contributed by atoms with Crippen LogP contribution < -0.4 is 31.6 Å². The molecule has 0 saturated heterocycles. The van der Waals surface area contributed by atoms with Gasteiger partial charge in [-0.15, -0.1) is 0 Å². The number of anilines is 1. The van der Waals surface area contributed by atoms with E-state index in [-0.39, 0.29) is 41.8 Å². The molecule has 4 amide bonds. The molecular formula is C41H47N7O9S. The number of fused-ring (bicyclic) bond motifs is 11. The number of carbonyl (C=O) groups is 4. The van der Waals surface area contributed by atoms with E-state index in [4.69, 9.17) is 4.74 Å². The molecule has 306 valence electrons. The first kappa shape index (κ1) is 43.0. The Hall–Kier alpha value is -6.17. The molecule has 2 aliphatic heterocycles. The van der Waals surface area contributed by atoms with Crippen LogP contribution in [0.3, 0.4) is 0 Å². The molecule has 0 radical (unpaired) electrons. The zero-order valence-electron chi connectivity index (χ0n) is 32.1. The van der Waals surface area contributed by atoms with E-state index < -0.39 is 45.7 Å². The molecule has 58 heavy (non-hydrogen) atoms. The fraction of sp³-hybridized carbons (Fsp3) is 0.317. The maximum atomic E-state index is 13.8. The molecule has 7 N–H and O–H groups in total. The lowest BCUT2D eigenvalue weighted by Gasteiger charge is -2.29. The Bertz CT molecular complexity index is 2180.